The normalized spacial score (nSPS) is 22.2. The van der Waals surface area contributed by atoms with Crippen molar-refractivity contribution in [3.63, 3.8) is 0 Å². The zero-order chi connectivity index (χ0) is 20.2. The van der Waals surface area contributed by atoms with Gasteiger partial charge in [-0.15, -0.1) is 0 Å². The molecule has 0 aromatic heterocycles. The number of fused-ring (bicyclic) bond motifs is 3. The maximum Gasteiger partial charge on any atom is 2.00 e. The number of hydrogen-bond acceptors (Lipinski definition) is 1. The van der Waals surface area contributed by atoms with E-state index in [-0.39, 0.29) is 17.1 Å². The minimum Gasteiger partial charge on any atom is -0.477 e. The Morgan fingerprint density at radius 1 is 0.613 bits per heavy atom. The summed E-state index contributed by atoms with van der Waals surface area (Å²) in [5, 5.41) is 2.34. The van der Waals surface area contributed by atoms with Gasteiger partial charge >= 0.3 is 17.1 Å². The summed E-state index contributed by atoms with van der Waals surface area (Å²) >= 11 is 0. The van der Waals surface area contributed by atoms with E-state index in [2.05, 4.69) is 98.5 Å². The average Bonchev–Trinajstić information content (AvgIpc) is 3.57. The number of rotatable bonds is 2. The van der Waals surface area contributed by atoms with Crippen LogP contribution < -0.4 is 4.74 Å². The molecule has 1 atom stereocenters. The van der Waals surface area contributed by atoms with Crippen molar-refractivity contribution < 1.29 is 21.8 Å². The van der Waals surface area contributed by atoms with Crippen molar-refractivity contribution in [2.75, 3.05) is 0 Å². The van der Waals surface area contributed by atoms with E-state index in [1.807, 2.05) is 38.2 Å². The summed E-state index contributed by atoms with van der Waals surface area (Å²) in [7, 11) is 0. The average molecular weight is 442 g/mol. The van der Waals surface area contributed by atoms with Crippen LogP contribution >= 0.6 is 0 Å². The molecule has 3 aromatic carbocycles. The third-order valence-electron chi connectivity index (χ3n) is 5.52. The van der Waals surface area contributed by atoms with Gasteiger partial charge in [0.1, 0.15) is 5.75 Å². The van der Waals surface area contributed by atoms with E-state index in [4.69, 9.17) is 4.74 Å². The summed E-state index contributed by atoms with van der Waals surface area (Å²) in [6.07, 6.45) is 22.8. The van der Waals surface area contributed by atoms with Gasteiger partial charge in [-0.1, -0.05) is 72.8 Å². The Bertz CT molecular complexity index is 1010. The van der Waals surface area contributed by atoms with E-state index in [0.717, 1.165) is 28.2 Å². The molecule has 150 valence electrons. The molecule has 3 aliphatic rings. The minimum atomic E-state index is -0.595. The molecule has 31 heavy (non-hydrogen) atoms. The van der Waals surface area contributed by atoms with Crippen LogP contribution in [0.25, 0.3) is 16.8 Å². The van der Waals surface area contributed by atoms with Crippen LogP contribution in [0.15, 0.2) is 72.8 Å². The summed E-state index contributed by atoms with van der Waals surface area (Å²) < 4.78 is 6.78. The van der Waals surface area contributed by atoms with Gasteiger partial charge in [-0.3, -0.25) is 0 Å². The van der Waals surface area contributed by atoms with Crippen LogP contribution in [0.1, 0.15) is 11.1 Å². The topological polar surface area (TPSA) is 9.23 Å². The molecule has 2 fully saturated rings. The van der Waals surface area contributed by atoms with Crippen LogP contribution in [0.5, 0.6) is 5.75 Å². The molecule has 1 nitrogen and oxygen atoms in total. The predicted molar refractivity (Wildman–Crippen MR) is 124 cm³/mol. The number of ether oxygens (including phenoxy) is 1. The first-order valence-corrected chi connectivity index (χ1v) is 10.2. The molecule has 2 aliphatic carbocycles. The number of hydrogen-bond donors (Lipinski definition) is 0. The molecule has 2 heteroatoms. The molecule has 0 N–H and O–H groups in total. The van der Waals surface area contributed by atoms with Gasteiger partial charge in [0, 0.05) is 16.9 Å². The van der Waals surface area contributed by atoms with Crippen molar-refractivity contribution in [2.45, 2.75) is 5.60 Å². The quantitative estimate of drug-likeness (QED) is 0.408. The molecule has 0 amide bonds. The third kappa shape index (κ3) is 4.47. The monoisotopic (exact) mass is 442 g/mol. The fraction of sp³-hybridized carbons (Fsp3) is 0.0345. The van der Waals surface area contributed by atoms with E-state index in [9.17, 15) is 0 Å². The number of benzene rings is 3. The smallest absolute Gasteiger partial charge is 0.477 e. The molecule has 0 spiro atoms. The van der Waals surface area contributed by atoms with Crippen molar-refractivity contribution in [1.82, 2.24) is 0 Å². The van der Waals surface area contributed by atoms with Gasteiger partial charge in [0.25, 0.3) is 0 Å². The molecule has 0 saturated heterocycles. The van der Waals surface area contributed by atoms with Crippen LogP contribution in [0.3, 0.4) is 0 Å². The molecule has 6 rings (SSSR count). The summed E-state index contributed by atoms with van der Waals surface area (Å²) in [6.45, 7) is 0. The second-order valence-electron chi connectivity index (χ2n) is 7.38. The Kier molecular flexibility index (Phi) is 7.20. The van der Waals surface area contributed by atoms with Gasteiger partial charge in [0.15, 0.2) is 5.60 Å². The SMILES string of the molecule is [CH]1[CH][CH][CH][CH]1.[CH]1[CH][CH][C](C2(c3ccccc3)C=Cc3ccc4ccccc4c3O2)[CH]1.[Fe+2]. The van der Waals surface area contributed by atoms with E-state index in [1.54, 1.807) is 0 Å². The Morgan fingerprint density at radius 2 is 1.26 bits per heavy atom. The fourth-order valence-corrected chi connectivity index (χ4v) is 4.01. The van der Waals surface area contributed by atoms with Crippen molar-refractivity contribution >= 4 is 16.8 Å². The maximum absolute atomic E-state index is 6.78. The van der Waals surface area contributed by atoms with E-state index < -0.39 is 5.60 Å². The fourth-order valence-electron chi connectivity index (χ4n) is 4.01. The first-order chi connectivity index (χ1) is 14.9. The predicted octanol–water partition coefficient (Wildman–Crippen LogP) is 6.57. The third-order valence-corrected chi connectivity index (χ3v) is 5.52. The molecule has 10 radical (unpaired) electrons. The van der Waals surface area contributed by atoms with Gasteiger partial charge in [-0.05, 0) is 74.8 Å². The van der Waals surface area contributed by atoms with Crippen molar-refractivity contribution in [3.05, 3.63) is 148 Å². The second kappa shape index (κ2) is 10.1. The van der Waals surface area contributed by atoms with Crippen LogP contribution in [0, 0.1) is 63.7 Å². The van der Waals surface area contributed by atoms with Gasteiger partial charge in [-0.25, -0.2) is 0 Å². The Balaban J connectivity index is 0.000000342. The van der Waals surface area contributed by atoms with Gasteiger partial charge < -0.3 is 4.74 Å². The molecular weight excluding hydrogens is 420 g/mol. The van der Waals surface area contributed by atoms with Crippen LogP contribution in [0.2, 0.25) is 0 Å². The Labute approximate surface area is 197 Å². The molecule has 0 bridgehead atoms. The zero-order valence-electron chi connectivity index (χ0n) is 17.0. The Hall–Kier alpha value is -2.02. The molecule has 2 saturated carbocycles. The summed E-state index contributed by atoms with van der Waals surface area (Å²) in [5.74, 6) is 2.10. The first-order valence-electron chi connectivity index (χ1n) is 10.2. The van der Waals surface area contributed by atoms with Crippen molar-refractivity contribution in [1.29, 1.82) is 0 Å². The summed E-state index contributed by atoms with van der Waals surface area (Å²) in [6, 6.07) is 23.1. The standard InChI is InChI=1S/C24H17O.C5H5.Fe/c1-2-9-20(10-3-1)24(21-11-5-6-12-21)17-16-19-15-14-18-8-4-7-13-22(18)23(19)25-24;1-2-4-5-3-1;/h1-17H;1-5H;/q;;+2. The van der Waals surface area contributed by atoms with Gasteiger partial charge in [-0.2, -0.15) is 0 Å². The van der Waals surface area contributed by atoms with Crippen molar-refractivity contribution in [3.8, 4) is 5.75 Å². The molecule has 1 unspecified atom stereocenters. The summed E-state index contributed by atoms with van der Waals surface area (Å²) in [4.78, 5) is 0. The maximum atomic E-state index is 6.78. The van der Waals surface area contributed by atoms with Crippen LogP contribution in [0.4, 0.5) is 0 Å². The van der Waals surface area contributed by atoms with E-state index >= 15 is 0 Å². The molecule has 3 aromatic rings. The molecule has 1 aliphatic heterocycles. The minimum absolute atomic E-state index is 0. The van der Waals surface area contributed by atoms with Gasteiger partial charge in [0.2, 0.25) is 0 Å². The largest absolute Gasteiger partial charge is 2.00 e. The van der Waals surface area contributed by atoms with E-state index in [0.29, 0.717) is 0 Å². The van der Waals surface area contributed by atoms with E-state index in [1.165, 1.54) is 5.39 Å². The van der Waals surface area contributed by atoms with Crippen LogP contribution in [-0.4, -0.2) is 0 Å². The first kappa shape index (κ1) is 22.2. The van der Waals surface area contributed by atoms with Crippen molar-refractivity contribution in [2.24, 2.45) is 0 Å². The summed E-state index contributed by atoms with van der Waals surface area (Å²) in [5.41, 5.74) is 1.66. The van der Waals surface area contributed by atoms with Crippen LogP contribution in [-0.2, 0) is 22.7 Å². The molecular formula is C29H22FeO+2. The second-order valence-corrected chi connectivity index (χ2v) is 7.38. The van der Waals surface area contributed by atoms with Gasteiger partial charge in [0.05, 0.1) is 0 Å². The molecule has 1 heterocycles. The zero-order valence-corrected chi connectivity index (χ0v) is 18.1. The Morgan fingerprint density at radius 3 is 1.97 bits per heavy atom.